The van der Waals surface area contributed by atoms with Gasteiger partial charge in [-0.1, -0.05) is 6.07 Å². The van der Waals surface area contributed by atoms with Crippen molar-refractivity contribution in [3.05, 3.63) is 71.9 Å². The Morgan fingerprint density at radius 1 is 0.838 bits per heavy atom. The summed E-state index contributed by atoms with van der Waals surface area (Å²) in [6, 6.07) is 18.3. The molecular weight excluding hydrogens is 464 g/mol. The Kier molecular flexibility index (Phi) is 6.72. The highest BCUT2D eigenvalue weighted by atomic mass is 16.5. The van der Waals surface area contributed by atoms with Crippen molar-refractivity contribution >= 4 is 21.8 Å². The zero-order valence-corrected chi connectivity index (χ0v) is 22.2. The van der Waals surface area contributed by atoms with E-state index in [1.54, 1.807) is 14.2 Å². The van der Waals surface area contributed by atoms with E-state index in [0.29, 0.717) is 18.1 Å². The Labute approximate surface area is 217 Å². The minimum atomic E-state index is 0.552. The third-order valence-corrected chi connectivity index (χ3v) is 6.68. The summed E-state index contributed by atoms with van der Waals surface area (Å²) >= 11 is 0. The molecule has 0 aliphatic heterocycles. The lowest BCUT2D eigenvalue weighted by Gasteiger charge is -2.14. The molecule has 5 aromatic rings. The van der Waals surface area contributed by atoms with Gasteiger partial charge in [-0.25, -0.2) is 4.68 Å². The minimum absolute atomic E-state index is 0.552. The van der Waals surface area contributed by atoms with Crippen molar-refractivity contribution in [2.24, 2.45) is 0 Å². The fourth-order valence-electron chi connectivity index (χ4n) is 4.42. The fraction of sp³-hybridized carbons (Fsp3) is 0.267. The highest BCUT2D eigenvalue weighted by molar-refractivity contribution is 6.09. The standard InChI is InChI=1S/C30H32N4O3/c1-19-7-9-22(15-20(19)2)34-30-24-17-23(35-5)10-11-26(24)31-18-25(30)29(32-34)21-8-12-27(36-6)28(16-21)37-14-13-33(3)4/h7-12,15-18H,13-14H2,1-6H3. The van der Waals surface area contributed by atoms with E-state index in [0.717, 1.165) is 51.0 Å². The molecule has 0 aliphatic rings. The van der Waals surface area contributed by atoms with Crippen LogP contribution in [0.3, 0.4) is 0 Å². The van der Waals surface area contributed by atoms with Gasteiger partial charge in [0.2, 0.25) is 0 Å². The largest absolute Gasteiger partial charge is 0.497 e. The predicted octanol–water partition coefficient (Wildman–Crippen LogP) is 5.82. The van der Waals surface area contributed by atoms with Crippen molar-refractivity contribution < 1.29 is 14.2 Å². The number of ether oxygens (including phenoxy) is 3. The lowest BCUT2D eigenvalue weighted by Crippen LogP contribution is -2.19. The quantitative estimate of drug-likeness (QED) is 0.270. The maximum absolute atomic E-state index is 6.10. The number of nitrogens with zero attached hydrogens (tertiary/aromatic N) is 4. The van der Waals surface area contributed by atoms with Crippen LogP contribution in [0.2, 0.25) is 0 Å². The molecule has 0 aliphatic carbocycles. The smallest absolute Gasteiger partial charge is 0.161 e. The van der Waals surface area contributed by atoms with Crippen molar-refractivity contribution in [1.29, 1.82) is 0 Å². The highest BCUT2D eigenvalue weighted by Crippen LogP contribution is 2.38. The summed E-state index contributed by atoms with van der Waals surface area (Å²) in [5.41, 5.74) is 7.05. The van der Waals surface area contributed by atoms with Crippen molar-refractivity contribution in [3.63, 3.8) is 0 Å². The first-order valence-electron chi connectivity index (χ1n) is 12.3. The Morgan fingerprint density at radius 2 is 1.68 bits per heavy atom. The van der Waals surface area contributed by atoms with Crippen LogP contribution in [0, 0.1) is 13.8 Å². The number of methoxy groups -OCH3 is 2. The molecule has 0 amide bonds. The Hall–Kier alpha value is -4.10. The fourth-order valence-corrected chi connectivity index (χ4v) is 4.42. The van der Waals surface area contributed by atoms with Gasteiger partial charge in [0.25, 0.3) is 0 Å². The average Bonchev–Trinajstić information content (AvgIpc) is 3.30. The van der Waals surface area contributed by atoms with Crippen LogP contribution in [0.25, 0.3) is 38.8 Å². The summed E-state index contributed by atoms with van der Waals surface area (Å²) in [6.07, 6.45) is 1.90. The number of benzene rings is 3. The van der Waals surface area contributed by atoms with Crippen LogP contribution in [-0.4, -0.2) is 61.1 Å². The molecule has 0 bridgehead atoms. The maximum atomic E-state index is 6.10. The van der Waals surface area contributed by atoms with Gasteiger partial charge in [-0.15, -0.1) is 0 Å². The maximum Gasteiger partial charge on any atom is 0.161 e. The molecule has 0 saturated heterocycles. The zero-order valence-electron chi connectivity index (χ0n) is 22.2. The van der Waals surface area contributed by atoms with Crippen LogP contribution in [0.4, 0.5) is 0 Å². The van der Waals surface area contributed by atoms with E-state index in [1.165, 1.54) is 11.1 Å². The molecule has 7 nitrogen and oxygen atoms in total. The molecule has 37 heavy (non-hydrogen) atoms. The molecule has 3 aromatic carbocycles. The second-order valence-corrected chi connectivity index (χ2v) is 9.45. The van der Waals surface area contributed by atoms with Crippen molar-refractivity contribution in [1.82, 2.24) is 19.7 Å². The van der Waals surface area contributed by atoms with Gasteiger partial charge < -0.3 is 19.1 Å². The number of hydrogen-bond donors (Lipinski definition) is 0. The molecule has 0 saturated carbocycles. The van der Waals surface area contributed by atoms with Gasteiger partial charge in [-0.05, 0) is 87.6 Å². The number of rotatable bonds is 8. The molecule has 0 radical (unpaired) electrons. The molecule has 2 aromatic heterocycles. The molecule has 5 rings (SSSR count). The van der Waals surface area contributed by atoms with E-state index in [-0.39, 0.29) is 0 Å². The monoisotopic (exact) mass is 496 g/mol. The summed E-state index contributed by atoms with van der Waals surface area (Å²) in [7, 11) is 7.38. The molecule has 2 heterocycles. The lowest BCUT2D eigenvalue weighted by molar-refractivity contribution is 0.251. The molecular formula is C30H32N4O3. The summed E-state index contributed by atoms with van der Waals surface area (Å²) < 4.78 is 19.2. The lowest BCUT2D eigenvalue weighted by atomic mass is 10.1. The molecule has 0 N–H and O–H groups in total. The van der Waals surface area contributed by atoms with Gasteiger partial charge in [0.05, 0.1) is 30.9 Å². The molecule has 7 heteroatoms. The van der Waals surface area contributed by atoms with Crippen molar-refractivity contribution in [2.45, 2.75) is 13.8 Å². The number of pyridine rings is 1. The van der Waals surface area contributed by atoms with Crippen molar-refractivity contribution in [3.8, 4) is 34.2 Å². The third kappa shape index (κ3) is 4.70. The van der Waals surface area contributed by atoms with Crippen LogP contribution in [-0.2, 0) is 0 Å². The zero-order chi connectivity index (χ0) is 26.1. The second-order valence-electron chi connectivity index (χ2n) is 9.45. The molecule has 0 unspecified atom stereocenters. The average molecular weight is 497 g/mol. The number of aromatic nitrogens is 3. The van der Waals surface area contributed by atoms with E-state index in [1.807, 2.05) is 61.4 Å². The molecule has 190 valence electrons. The van der Waals surface area contributed by atoms with Gasteiger partial charge in [0.15, 0.2) is 11.5 Å². The van der Waals surface area contributed by atoms with E-state index in [2.05, 4.69) is 36.9 Å². The summed E-state index contributed by atoms with van der Waals surface area (Å²) in [5.74, 6) is 2.15. The molecule has 0 spiro atoms. The minimum Gasteiger partial charge on any atom is -0.497 e. The van der Waals surface area contributed by atoms with Crippen LogP contribution in [0.5, 0.6) is 17.2 Å². The van der Waals surface area contributed by atoms with E-state index >= 15 is 0 Å². The van der Waals surface area contributed by atoms with Gasteiger partial charge in [0, 0.05) is 29.1 Å². The highest BCUT2D eigenvalue weighted by Gasteiger charge is 2.19. The topological polar surface area (TPSA) is 61.6 Å². The number of hydrogen-bond acceptors (Lipinski definition) is 6. The van der Waals surface area contributed by atoms with E-state index in [4.69, 9.17) is 24.3 Å². The third-order valence-electron chi connectivity index (χ3n) is 6.68. The van der Waals surface area contributed by atoms with Crippen LogP contribution in [0.15, 0.2) is 60.8 Å². The van der Waals surface area contributed by atoms with E-state index < -0.39 is 0 Å². The van der Waals surface area contributed by atoms with Gasteiger partial charge in [-0.3, -0.25) is 4.98 Å². The second kappa shape index (κ2) is 10.1. The van der Waals surface area contributed by atoms with Crippen LogP contribution >= 0.6 is 0 Å². The summed E-state index contributed by atoms with van der Waals surface area (Å²) in [5, 5.41) is 7.07. The summed E-state index contributed by atoms with van der Waals surface area (Å²) in [6.45, 7) is 5.59. The molecule has 0 atom stereocenters. The Balaban J connectivity index is 1.74. The van der Waals surface area contributed by atoms with Crippen LogP contribution < -0.4 is 14.2 Å². The first-order chi connectivity index (χ1) is 17.9. The van der Waals surface area contributed by atoms with Gasteiger partial charge in [0.1, 0.15) is 18.1 Å². The SMILES string of the molecule is COc1ccc2ncc3c(-c4ccc(OC)c(OCCN(C)C)c4)nn(-c4ccc(C)c(C)c4)c3c2c1. The Morgan fingerprint density at radius 3 is 2.41 bits per heavy atom. The van der Waals surface area contributed by atoms with Crippen molar-refractivity contribution in [2.75, 3.05) is 41.5 Å². The number of fused-ring (bicyclic) bond motifs is 3. The Bertz CT molecular complexity index is 1590. The van der Waals surface area contributed by atoms with E-state index in [9.17, 15) is 0 Å². The summed E-state index contributed by atoms with van der Waals surface area (Å²) in [4.78, 5) is 6.85. The van der Waals surface area contributed by atoms with Gasteiger partial charge in [-0.2, -0.15) is 5.10 Å². The number of aryl methyl sites for hydroxylation is 2. The predicted molar refractivity (Wildman–Crippen MR) is 148 cm³/mol. The van der Waals surface area contributed by atoms with Gasteiger partial charge >= 0.3 is 0 Å². The normalized spacial score (nSPS) is 11.4. The number of likely N-dealkylation sites (N-methyl/N-ethyl adjacent to an activating group) is 1. The first kappa shape index (κ1) is 24.6. The molecule has 0 fully saturated rings. The first-order valence-corrected chi connectivity index (χ1v) is 12.3. The van der Waals surface area contributed by atoms with Crippen LogP contribution in [0.1, 0.15) is 11.1 Å².